The molecule has 0 aliphatic carbocycles. The molecule has 1 aliphatic rings. The first-order chi connectivity index (χ1) is 7.38. The van der Waals surface area contributed by atoms with Crippen molar-refractivity contribution in [1.82, 2.24) is 0 Å². The van der Waals surface area contributed by atoms with E-state index >= 15 is 0 Å². The molecule has 0 saturated carbocycles. The minimum Gasteiger partial charge on any atom is -0.382 e. The lowest BCUT2D eigenvalue weighted by Gasteiger charge is -2.23. The summed E-state index contributed by atoms with van der Waals surface area (Å²) in [7, 11) is 0. The predicted octanol–water partition coefficient (Wildman–Crippen LogP) is 3.56. The van der Waals surface area contributed by atoms with Gasteiger partial charge >= 0.3 is 0 Å². The zero-order valence-corrected chi connectivity index (χ0v) is 10.1. The largest absolute Gasteiger partial charge is 0.382 e. The first-order valence-electron chi connectivity index (χ1n) is 5.81. The van der Waals surface area contributed by atoms with Crippen molar-refractivity contribution in [3.63, 3.8) is 0 Å². The maximum absolute atomic E-state index is 3.64. The SMILES string of the molecule is CCc1cccc(NC2CCSCC2)c1. The van der Waals surface area contributed by atoms with Crippen LogP contribution in [-0.2, 0) is 6.42 Å². The molecule has 15 heavy (non-hydrogen) atoms. The lowest BCUT2D eigenvalue weighted by atomic mass is 10.1. The van der Waals surface area contributed by atoms with Crippen LogP contribution in [0.2, 0.25) is 0 Å². The van der Waals surface area contributed by atoms with Gasteiger partial charge in [0.2, 0.25) is 0 Å². The summed E-state index contributed by atoms with van der Waals surface area (Å²) >= 11 is 2.08. The number of anilines is 1. The molecule has 1 aliphatic heterocycles. The van der Waals surface area contributed by atoms with Gasteiger partial charge in [-0.25, -0.2) is 0 Å². The molecule has 0 atom stereocenters. The van der Waals surface area contributed by atoms with E-state index in [9.17, 15) is 0 Å². The quantitative estimate of drug-likeness (QED) is 0.837. The van der Waals surface area contributed by atoms with Crippen molar-refractivity contribution in [3.8, 4) is 0 Å². The predicted molar refractivity (Wildman–Crippen MR) is 69.8 cm³/mol. The molecule has 2 heteroatoms. The summed E-state index contributed by atoms with van der Waals surface area (Å²) in [5.74, 6) is 2.62. The van der Waals surface area contributed by atoms with Gasteiger partial charge in [0, 0.05) is 11.7 Å². The van der Waals surface area contributed by atoms with Gasteiger partial charge in [-0.3, -0.25) is 0 Å². The van der Waals surface area contributed by atoms with Crippen molar-refractivity contribution >= 4 is 17.4 Å². The number of rotatable bonds is 3. The molecule has 1 aromatic carbocycles. The average Bonchev–Trinajstić information content (AvgIpc) is 2.31. The zero-order valence-electron chi connectivity index (χ0n) is 9.33. The fraction of sp³-hybridized carbons (Fsp3) is 0.538. The smallest absolute Gasteiger partial charge is 0.0345 e. The lowest BCUT2D eigenvalue weighted by molar-refractivity contribution is 0.667. The Kier molecular flexibility index (Phi) is 3.95. The molecule has 0 spiro atoms. The van der Waals surface area contributed by atoms with E-state index in [1.54, 1.807) is 0 Å². The molecule has 0 radical (unpaired) electrons. The van der Waals surface area contributed by atoms with Gasteiger partial charge in [-0.15, -0.1) is 0 Å². The summed E-state index contributed by atoms with van der Waals surface area (Å²) in [6, 6.07) is 9.50. The summed E-state index contributed by atoms with van der Waals surface area (Å²) in [6.45, 7) is 2.20. The molecule has 1 N–H and O–H groups in total. The van der Waals surface area contributed by atoms with E-state index in [0.29, 0.717) is 6.04 Å². The first kappa shape index (κ1) is 10.9. The maximum Gasteiger partial charge on any atom is 0.0345 e. The van der Waals surface area contributed by atoms with Crippen LogP contribution in [0.25, 0.3) is 0 Å². The van der Waals surface area contributed by atoms with Gasteiger partial charge < -0.3 is 5.32 Å². The van der Waals surface area contributed by atoms with Crippen LogP contribution in [0, 0.1) is 0 Å². The Labute approximate surface area is 96.7 Å². The van der Waals surface area contributed by atoms with Crippen molar-refractivity contribution in [2.75, 3.05) is 16.8 Å². The molecule has 2 rings (SSSR count). The van der Waals surface area contributed by atoms with E-state index in [-0.39, 0.29) is 0 Å². The highest BCUT2D eigenvalue weighted by Crippen LogP contribution is 2.21. The standard InChI is InChI=1S/C13H19NS/c1-2-11-4-3-5-13(10-11)14-12-6-8-15-9-7-12/h3-5,10,12,14H,2,6-9H2,1H3. The van der Waals surface area contributed by atoms with E-state index in [1.165, 1.54) is 35.6 Å². The second-order valence-electron chi connectivity index (χ2n) is 4.08. The molecular formula is C13H19NS. The Bertz CT molecular complexity index is 305. The lowest BCUT2D eigenvalue weighted by Crippen LogP contribution is -2.24. The van der Waals surface area contributed by atoms with Crippen LogP contribution in [0.15, 0.2) is 24.3 Å². The third kappa shape index (κ3) is 3.16. The van der Waals surface area contributed by atoms with Crippen LogP contribution in [0.3, 0.4) is 0 Å². The minimum atomic E-state index is 0.693. The molecule has 1 saturated heterocycles. The van der Waals surface area contributed by atoms with Crippen LogP contribution in [0.1, 0.15) is 25.3 Å². The van der Waals surface area contributed by atoms with E-state index in [4.69, 9.17) is 0 Å². The Balaban J connectivity index is 1.96. The maximum atomic E-state index is 3.64. The molecule has 1 nitrogen and oxygen atoms in total. The topological polar surface area (TPSA) is 12.0 Å². The average molecular weight is 221 g/mol. The van der Waals surface area contributed by atoms with Crippen LogP contribution in [0.4, 0.5) is 5.69 Å². The van der Waals surface area contributed by atoms with Crippen LogP contribution >= 0.6 is 11.8 Å². The fourth-order valence-electron chi connectivity index (χ4n) is 1.96. The normalized spacial score (nSPS) is 17.7. The van der Waals surface area contributed by atoms with Gasteiger partial charge in [0.15, 0.2) is 0 Å². The third-order valence-corrected chi connectivity index (χ3v) is 3.98. The summed E-state index contributed by atoms with van der Waals surface area (Å²) < 4.78 is 0. The molecule has 0 aromatic heterocycles. The van der Waals surface area contributed by atoms with Gasteiger partial charge in [-0.2, -0.15) is 11.8 Å². The van der Waals surface area contributed by atoms with E-state index in [1.807, 2.05) is 0 Å². The molecule has 0 bridgehead atoms. The van der Waals surface area contributed by atoms with Crippen molar-refractivity contribution in [3.05, 3.63) is 29.8 Å². The van der Waals surface area contributed by atoms with Gasteiger partial charge in [-0.1, -0.05) is 19.1 Å². The number of hydrogen-bond donors (Lipinski definition) is 1. The third-order valence-electron chi connectivity index (χ3n) is 2.93. The van der Waals surface area contributed by atoms with Crippen molar-refractivity contribution < 1.29 is 0 Å². The van der Waals surface area contributed by atoms with Crippen molar-refractivity contribution in [2.45, 2.75) is 32.2 Å². The van der Waals surface area contributed by atoms with Gasteiger partial charge in [0.1, 0.15) is 0 Å². The second kappa shape index (κ2) is 5.45. The highest BCUT2D eigenvalue weighted by Gasteiger charge is 2.12. The van der Waals surface area contributed by atoms with Gasteiger partial charge in [-0.05, 0) is 48.5 Å². The minimum absolute atomic E-state index is 0.693. The van der Waals surface area contributed by atoms with E-state index < -0.39 is 0 Å². The Morgan fingerprint density at radius 3 is 2.87 bits per heavy atom. The fourth-order valence-corrected chi connectivity index (χ4v) is 3.07. The van der Waals surface area contributed by atoms with Crippen LogP contribution in [-0.4, -0.2) is 17.5 Å². The number of thioether (sulfide) groups is 1. The first-order valence-corrected chi connectivity index (χ1v) is 6.97. The van der Waals surface area contributed by atoms with Crippen molar-refractivity contribution in [2.24, 2.45) is 0 Å². The van der Waals surface area contributed by atoms with E-state index in [0.717, 1.165) is 6.42 Å². The Morgan fingerprint density at radius 2 is 2.13 bits per heavy atom. The van der Waals surface area contributed by atoms with Crippen molar-refractivity contribution in [1.29, 1.82) is 0 Å². The molecule has 1 heterocycles. The monoisotopic (exact) mass is 221 g/mol. The highest BCUT2D eigenvalue weighted by atomic mass is 32.2. The number of aryl methyl sites for hydroxylation is 1. The number of benzene rings is 1. The molecule has 0 unspecified atom stereocenters. The summed E-state index contributed by atoms with van der Waals surface area (Å²) in [5, 5.41) is 3.64. The molecule has 1 aromatic rings. The summed E-state index contributed by atoms with van der Waals surface area (Å²) in [6.07, 6.45) is 3.73. The van der Waals surface area contributed by atoms with Crippen LogP contribution < -0.4 is 5.32 Å². The van der Waals surface area contributed by atoms with E-state index in [2.05, 4.69) is 48.3 Å². The van der Waals surface area contributed by atoms with Gasteiger partial charge in [0.05, 0.1) is 0 Å². The summed E-state index contributed by atoms with van der Waals surface area (Å²) in [5.41, 5.74) is 2.72. The number of hydrogen-bond acceptors (Lipinski definition) is 2. The van der Waals surface area contributed by atoms with Gasteiger partial charge in [0.25, 0.3) is 0 Å². The van der Waals surface area contributed by atoms with Crippen LogP contribution in [0.5, 0.6) is 0 Å². The highest BCUT2D eigenvalue weighted by molar-refractivity contribution is 7.99. The Hall–Kier alpha value is -0.630. The second-order valence-corrected chi connectivity index (χ2v) is 5.31. The molecule has 82 valence electrons. The molecule has 0 amide bonds. The number of nitrogens with one attached hydrogen (secondary N) is 1. The molecular weight excluding hydrogens is 202 g/mol. The summed E-state index contributed by atoms with van der Waals surface area (Å²) in [4.78, 5) is 0. The zero-order chi connectivity index (χ0) is 10.5. The molecule has 1 fully saturated rings. The Morgan fingerprint density at radius 1 is 1.33 bits per heavy atom.